The minimum Gasteiger partial charge on any atom is -0.549 e. The molecular weight excluding hydrogens is 249 g/mol. The number of carboxylic acid groups (broad SMARTS) is 2. The number of carbonyl (C=O) groups excluding carboxylic acids is 2. The Bertz CT molecular complexity index is 384. The smallest absolute Gasteiger partial charge is 0.549 e. The van der Waals surface area contributed by atoms with Gasteiger partial charge < -0.3 is 19.8 Å². The SMILES string of the molecule is O=C([O-])C(Cc1cccc(F)c1)C(=O)[O-].[Na+].[Na+]. The first kappa shape index (κ1) is 19.4. The number of benzene rings is 1. The third kappa shape index (κ3) is 6.55. The van der Waals surface area contributed by atoms with Crippen LogP contribution < -0.4 is 69.3 Å². The molecule has 0 heterocycles. The maximum absolute atomic E-state index is 12.7. The summed E-state index contributed by atoms with van der Waals surface area (Å²) in [5.41, 5.74) is 0.272. The van der Waals surface area contributed by atoms with Crippen molar-refractivity contribution in [2.24, 2.45) is 5.92 Å². The van der Waals surface area contributed by atoms with E-state index in [2.05, 4.69) is 0 Å². The van der Waals surface area contributed by atoms with Crippen LogP contribution in [0.5, 0.6) is 0 Å². The fourth-order valence-electron chi connectivity index (χ4n) is 1.16. The molecule has 0 spiro atoms. The molecule has 0 saturated heterocycles. The summed E-state index contributed by atoms with van der Waals surface area (Å²) >= 11 is 0. The zero-order valence-electron chi connectivity index (χ0n) is 9.60. The Kier molecular flexibility index (Phi) is 10.4. The van der Waals surface area contributed by atoms with Crippen LogP contribution in [0.1, 0.15) is 5.56 Å². The van der Waals surface area contributed by atoms with Gasteiger partial charge in [-0.05, 0) is 24.1 Å². The van der Waals surface area contributed by atoms with Crippen LogP contribution in [-0.4, -0.2) is 11.9 Å². The zero-order chi connectivity index (χ0) is 11.4. The number of rotatable bonds is 4. The van der Waals surface area contributed by atoms with Crippen LogP contribution in [0.2, 0.25) is 0 Å². The fourth-order valence-corrected chi connectivity index (χ4v) is 1.16. The van der Waals surface area contributed by atoms with E-state index in [1.807, 2.05) is 0 Å². The van der Waals surface area contributed by atoms with Gasteiger partial charge in [0.05, 0.1) is 11.9 Å². The van der Waals surface area contributed by atoms with Crippen molar-refractivity contribution >= 4 is 11.9 Å². The molecule has 0 unspecified atom stereocenters. The summed E-state index contributed by atoms with van der Waals surface area (Å²) < 4.78 is 12.7. The number of carbonyl (C=O) groups is 2. The monoisotopic (exact) mass is 256 g/mol. The third-order valence-corrected chi connectivity index (χ3v) is 1.90. The average Bonchev–Trinajstić information content (AvgIpc) is 2.13. The molecule has 0 atom stereocenters. The van der Waals surface area contributed by atoms with Crippen LogP contribution in [0.3, 0.4) is 0 Å². The molecule has 80 valence electrons. The van der Waals surface area contributed by atoms with Crippen molar-refractivity contribution in [3.8, 4) is 0 Å². The second-order valence-electron chi connectivity index (χ2n) is 3.02. The Morgan fingerprint density at radius 1 is 1.18 bits per heavy atom. The summed E-state index contributed by atoms with van der Waals surface area (Å²) in [6.07, 6.45) is -0.345. The summed E-state index contributed by atoms with van der Waals surface area (Å²) in [5.74, 6) is -5.78. The van der Waals surface area contributed by atoms with Crippen molar-refractivity contribution in [1.82, 2.24) is 0 Å². The molecule has 0 saturated carbocycles. The third-order valence-electron chi connectivity index (χ3n) is 1.90. The van der Waals surface area contributed by atoms with Crippen LogP contribution in [0, 0.1) is 11.7 Å². The van der Waals surface area contributed by atoms with Gasteiger partial charge in [-0.25, -0.2) is 4.39 Å². The summed E-state index contributed by atoms with van der Waals surface area (Å²) in [7, 11) is 0. The molecular formula is C10H7FNa2O4. The molecule has 0 aromatic heterocycles. The molecule has 0 amide bonds. The van der Waals surface area contributed by atoms with Crippen LogP contribution >= 0.6 is 0 Å². The van der Waals surface area contributed by atoms with Crippen molar-refractivity contribution < 1.29 is 83.3 Å². The topological polar surface area (TPSA) is 80.3 Å². The van der Waals surface area contributed by atoms with Crippen molar-refractivity contribution in [2.75, 3.05) is 0 Å². The molecule has 17 heavy (non-hydrogen) atoms. The quantitative estimate of drug-likeness (QED) is 0.396. The van der Waals surface area contributed by atoms with Crippen LogP contribution in [0.4, 0.5) is 4.39 Å². The number of aliphatic carboxylic acids is 2. The second-order valence-corrected chi connectivity index (χ2v) is 3.02. The molecule has 0 N–H and O–H groups in total. The summed E-state index contributed by atoms with van der Waals surface area (Å²) in [6, 6.07) is 5.05. The van der Waals surface area contributed by atoms with E-state index in [0.717, 1.165) is 6.07 Å². The van der Waals surface area contributed by atoms with E-state index >= 15 is 0 Å². The van der Waals surface area contributed by atoms with Crippen LogP contribution in [0.15, 0.2) is 24.3 Å². The van der Waals surface area contributed by atoms with Crippen LogP contribution in [-0.2, 0) is 16.0 Å². The molecule has 0 aliphatic rings. The Morgan fingerprint density at radius 3 is 2.12 bits per heavy atom. The van der Waals surface area contributed by atoms with E-state index in [9.17, 15) is 24.2 Å². The zero-order valence-corrected chi connectivity index (χ0v) is 13.6. The Labute approximate surface area is 142 Å². The van der Waals surface area contributed by atoms with Crippen molar-refractivity contribution in [3.63, 3.8) is 0 Å². The van der Waals surface area contributed by atoms with Crippen molar-refractivity contribution in [3.05, 3.63) is 35.6 Å². The number of hydrogen-bond acceptors (Lipinski definition) is 4. The number of carboxylic acids is 2. The maximum atomic E-state index is 12.7. The van der Waals surface area contributed by atoms with E-state index in [1.165, 1.54) is 18.2 Å². The van der Waals surface area contributed by atoms with E-state index in [4.69, 9.17) is 0 Å². The molecule has 1 aromatic rings. The van der Waals surface area contributed by atoms with Gasteiger partial charge in [0.1, 0.15) is 5.82 Å². The van der Waals surface area contributed by atoms with E-state index in [1.54, 1.807) is 0 Å². The standard InChI is InChI=1S/C10H9FO4.2Na/c11-7-3-1-2-6(4-7)5-8(9(12)13)10(14)15;;/h1-4,8H,5H2,(H,12,13)(H,14,15);;/q;2*+1/p-2. The van der Waals surface area contributed by atoms with Crippen molar-refractivity contribution in [1.29, 1.82) is 0 Å². The molecule has 0 radical (unpaired) electrons. The van der Waals surface area contributed by atoms with Gasteiger partial charge in [0.2, 0.25) is 0 Å². The predicted molar refractivity (Wildman–Crippen MR) is 43.6 cm³/mol. The van der Waals surface area contributed by atoms with Crippen LogP contribution in [0.25, 0.3) is 0 Å². The van der Waals surface area contributed by atoms with Gasteiger partial charge in [0.15, 0.2) is 0 Å². The molecule has 1 aromatic carbocycles. The first-order chi connectivity index (χ1) is 7.00. The first-order valence-electron chi connectivity index (χ1n) is 4.17. The Balaban J connectivity index is 0. The number of halogens is 1. The van der Waals surface area contributed by atoms with Crippen molar-refractivity contribution in [2.45, 2.75) is 6.42 Å². The molecule has 0 fully saturated rings. The molecule has 7 heteroatoms. The predicted octanol–water partition coefficient (Wildman–Crippen LogP) is -7.51. The molecule has 4 nitrogen and oxygen atoms in total. The second kappa shape index (κ2) is 9.08. The summed E-state index contributed by atoms with van der Waals surface area (Å²) in [5, 5.41) is 20.8. The summed E-state index contributed by atoms with van der Waals surface area (Å²) in [4.78, 5) is 20.8. The van der Waals surface area contributed by atoms with E-state index < -0.39 is 23.7 Å². The van der Waals surface area contributed by atoms with E-state index in [0.29, 0.717) is 0 Å². The first-order valence-corrected chi connectivity index (χ1v) is 4.17. The maximum Gasteiger partial charge on any atom is 1.00 e. The summed E-state index contributed by atoms with van der Waals surface area (Å²) in [6.45, 7) is 0. The average molecular weight is 256 g/mol. The van der Waals surface area contributed by atoms with Gasteiger partial charge in [-0.15, -0.1) is 0 Å². The van der Waals surface area contributed by atoms with Gasteiger partial charge in [0, 0.05) is 5.92 Å². The van der Waals surface area contributed by atoms with Gasteiger partial charge in [0.25, 0.3) is 0 Å². The van der Waals surface area contributed by atoms with Gasteiger partial charge in [-0.1, -0.05) is 12.1 Å². The van der Waals surface area contributed by atoms with Gasteiger partial charge in [-0.2, -0.15) is 0 Å². The molecule has 0 aliphatic heterocycles. The largest absolute Gasteiger partial charge is 1.00 e. The van der Waals surface area contributed by atoms with Gasteiger partial charge >= 0.3 is 59.1 Å². The molecule has 0 bridgehead atoms. The minimum atomic E-state index is -1.76. The Morgan fingerprint density at radius 2 is 1.71 bits per heavy atom. The fraction of sp³-hybridized carbons (Fsp3) is 0.200. The van der Waals surface area contributed by atoms with Gasteiger partial charge in [-0.3, -0.25) is 0 Å². The number of hydrogen-bond donors (Lipinski definition) is 0. The Hall–Kier alpha value is 0.0900. The molecule has 1 rings (SSSR count). The normalized spacial score (nSPS) is 9.06. The minimum absolute atomic E-state index is 0. The molecule has 0 aliphatic carbocycles. The van der Waals surface area contributed by atoms with E-state index in [-0.39, 0.29) is 71.1 Å².